The van der Waals surface area contributed by atoms with Gasteiger partial charge in [-0.2, -0.15) is 0 Å². The number of rotatable bonds is 16. The second kappa shape index (κ2) is 16.2. The molecule has 0 spiro atoms. The standard InChI is InChI=1S/C35H48N2O7/c1-5-43-32-24-35(3,4)23-31(38)34(32)30-22-28(7-6-26(30)2)27-8-10-29(11-9-27)44-19-17-37-14-12-36(13-15-37)16-18-41-20-21-42-25-33(39)40/h6-11,22H,5,12-21,23-25H2,1-4H3,(H,39,40). The van der Waals surface area contributed by atoms with Crippen LogP contribution in [0.4, 0.5) is 0 Å². The summed E-state index contributed by atoms with van der Waals surface area (Å²) in [5.41, 5.74) is 4.81. The van der Waals surface area contributed by atoms with Crippen molar-refractivity contribution in [3.8, 4) is 16.9 Å². The topological polar surface area (TPSA) is 97.8 Å². The summed E-state index contributed by atoms with van der Waals surface area (Å²) in [5, 5.41) is 8.56. The summed E-state index contributed by atoms with van der Waals surface area (Å²) in [4.78, 5) is 28.5. The number of carbonyl (C=O) groups excluding carboxylic acids is 1. The lowest BCUT2D eigenvalue weighted by Gasteiger charge is -2.34. The Morgan fingerprint density at radius 1 is 0.841 bits per heavy atom. The van der Waals surface area contributed by atoms with Crippen molar-refractivity contribution in [2.75, 3.05) is 78.9 Å². The van der Waals surface area contributed by atoms with Crippen LogP contribution in [0.1, 0.15) is 44.7 Å². The number of carbonyl (C=O) groups is 2. The van der Waals surface area contributed by atoms with E-state index in [1.807, 2.05) is 19.1 Å². The van der Waals surface area contributed by atoms with Crippen LogP contribution in [0.3, 0.4) is 0 Å². The minimum atomic E-state index is -0.965. The van der Waals surface area contributed by atoms with Crippen molar-refractivity contribution in [3.63, 3.8) is 0 Å². The molecular weight excluding hydrogens is 560 g/mol. The van der Waals surface area contributed by atoms with Gasteiger partial charge in [-0.1, -0.05) is 38.1 Å². The van der Waals surface area contributed by atoms with Gasteiger partial charge in [-0.05, 0) is 59.7 Å². The van der Waals surface area contributed by atoms with Gasteiger partial charge in [-0.15, -0.1) is 0 Å². The average molecular weight is 609 g/mol. The number of ether oxygens (including phenoxy) is 4. The lowest BCUT2D eigenvalue weighted by molar-refractivity contribution is -0.142. The third-order valence-corrected chi connectivity index (χ3v) is 8.14. The average Bonchev–Trinajstić information content (AvgIpc) is 2.98. The second-order valence-electron chi connectivity index (χ2n) is 12.3. The van der Waals surface area contributed by atoms with Crippen LogP contribution in [0.2, 0.25) is 0 Å². The summed E-state index contributed by atoms with van der Waals surface area (Å²) < 4.78 is 22.6. The van der Waals surface area contributed by atoms with Gasteiger partial charge in [0.15, 0.2) is 5.78 Å². The minimum Gasteiger partial charge on any atom is -0.497 e. The molecule has 0 amide bonds. The molecule has 9 nitrogen and oxygen atoms in total. The van der Waals surface area contributed by atoms with Crippen molar-refractivity contribution in [2.45, 2.75) is 40.5 Å². The molecule has 1 aliphatic carbocycles. The smallest absolute Gasteiger partial charge is 0.329 e. The molecule has 0 saturated carbocycles. The molecule has 0 unspecified atom stereocenters. The second-order valence-corrected chi connectivity index (χ2v) is 12.3. The van der Waals surface area contributed by atoms with Crippen molar-refractivity contribution in [2.24, 2.45) is 5.41 Å². The molecule has 4 rings (SSSR count). The molecule has 1 N–H and O–H groups in total. The molecule has 2 aromatic rings. The van der Waals surface area contributed by atoms with Gasteiger partial charge < -0.3 is 24.1 Å². The number of carboxylic acids is 1. The van der Waals surface area contributed by atoms with Gasteiger partial charge in [0, 0.05) is 52.1 Å². The van der Waals surface area contributed by atoms with Crippen LogP contribution in [-0.2, 0) is 23.8 Å². The Kier molecular flexibility index (Phi) is 12.4. The van der Waals surface area contributed by atoms with Gasteiger partial charge in [-0.25, -0.2) is 4.79 Å². The first-order valence-electron chi connectivity index (χ1n) is 15.7. The predicted octanol–water partition coefficient (Wildman–Crippen LogP) is 4.91. The summed E-state index contributed by atoms with van der Waals surface area (Å²) in [6.45, 7) is 16.2. The summed E-state index contributed by atoms with van der Waals surface area (Å²) in [7, 11) is 0. The fraction of sp³-hybridized carbons (Fsp3) is 0.543. The van der Waals surface area contributed by atoms with E-state index in [1.165, 1.54) is 0 Å². The lowest BCUT2D eigenvalue weighted by atomic mass is 9.74. The summed E-state index contributed by atoms with van der Waals surface area (Å²) >= 11 is 0. The quantitative estimate of drug-likeness (QED) is 0.267. The Labute approximate surface area is 261 Å². The highest BCUT2D eigenvalue weighted by molar-refractivity contribution is 6.22. The predicted molar refractivity (Wildman–Crippen MR) is 171 cm³/mol. The van der Waals surface area contributed by atoms with E-state index in [2.05, 4.69) is 60.9 Å². The Balaban J connectivity index is 1.23. The number of Topliss-reactive ketones (excluding diaryl/α,β-unsaturated/α-hetero) is 1. The van der Waals surface area contributed by atoms with Crippen LogP contribution in [0.25, 0.3) is 16.7 Å². The third-order valence-electron chi connectivity index (χ3n) is 8.14. The molecule has 0 radical (unpaired) electrons. The molecule has 1 aliphatic heterocycles. The largest absolute Gasteiger partial charge is 0.497 e. The van der Waals surface area contributed by atoms with E-state index in [1.54, 1.807) is 0 Å². The number of aliphatic carboxylic acids is 1. The van der Waals surface area contributed by atoms with E-state index < -0.39 is 5.97 Å². The Morgan fingerprint density at radius 2 is 1.48 bits per heavy atom. The maximum Gasteiger partial charge on any atom is 0.329 e. The van der Waals surface area contributed by atoms with Crippen molar-refractivity contribution >= 4 is 17.3 Å². The van der Waals surface area contributed by atoms with Crippen LogP contribution in [0.5, 0.6) is 5.75 Å². The molecule has 2 aliphatic rings. The fourth-order valence-electron chi connectivity index (χ4n) is 5.78. The summed E-state index contributed by atoms with van der Waals surface area (Å²) in [5.74, 6) is 0.842. The Morgan fingerprint density at radius 3 is 2.14 bits per heavy atom. The number of hydrogen-bond donors (Lipinski definition) is 1. The van der Waals surface area contributed by atoms with Crippen LogP contribution in [0, 0.1) is 12.3 Å². The maximum absolute atomic E-state index is 13.3. The molecule has 9 heteroatoms. The molecule has 0 bridgehead atoms. The SMILES string of the molecule is CCOC1=C(c2cc(-c3ccc(OCCN4CCN(CCOCCOCC(=O)O)CC4)cc3)ccc2C)C(=O)CC(C)(C)C1. The molecular formula is C35H48N2O7. The van der Waals surface area contributed by atoms with Gasteiger partial charge in [-0.3, -0.25) is 14.6 Å². The third kappa shape index (κ3) is 9.89. The van der Waals surface area contributed by atoms with Gasteiger partial charge in [0.25, 0.3) is 0 Å². The number of ketones is 1. The molecule has 0 aromatic heterocycles. The zero-order valence-electron chi connectivity index (χ0n) is 26.7. The normalized spacial score (nSPS) is 17.6. The van der Waals surface area contributed by atoms with E-state index in [0.29, 0.717) is 39.5 Å². The first-order valence-corrected chi connectivity index (χ1v) is 15.7. The Hall–Kier alpha value is -3.24. The van der Waals surface area contributed by atoms with E-state index >= 15 is 0 Å². The number of nitrogens with zero attached hydrogens (tertiary/aromatic N) is 2. The van der Waals surface area contributed by atoms with Crippen LogP contribution >= 0.6 is 0 Å². The van der Waals surface area contributed by atoms with Crippen LogP contribution < -0.4 is 4.74 Å². The number of allylic oxidation sites excluding steroid dienone is 2. The molecule has 240 valence electrons. The van der Waals surface area contributed by atoms with E-state index in [-0.39, 0.29) is 17.8 Å². The maximum atomic E-state index is 13.3. The van der Waals surface area contributed by atoms with Crippen molar-refractivity contribution in [3.05, 3.63) is 59.4 Å². The highest BCUT2D eigenvalue weighted by Crippen LogP contribution is 2.42. The van der Waals surface area contributed by atoms with Crippen molar-refractivity contribution in [1.29, 1.82) is 0 Å². The zero-order chi connectivity index (χ0) is 31.5. The number of aryl methyl sites for hydroxylation is 1. The van der Waals surface area contributed by atoms with Gasteiger partial charge >= 0.3 is 5.97 Å². The summed E-state index contributed by atoms with van der Waals surface area (Å²) in [6.07, 6.45) is 1.28. The van der Waals surface area contributed by atoms with E-state index in [0.717, 1.165) is 85.0 Å². The monoisotopic (exact) mass is 608 g/mol. The van der Waals surface area contributed by atoms with Gasteiger partial charge in [0.05, 0.1) is 32.0 Å². The first-order chi connectivity index (χ1) is 21.1. The first kappa shape index (κ1) is 33.6. The summed E-state index contributed by atoms with van der Waals surface area (Å²) in [6, 6.07) is 14.5. The number of carboxylic acid groups (broad SMARTS) is 1. The number of piperazine rings is 1. The molecule has 44 heavy (non-hydrogen) atoms. The lowest BCUT2D eigenvalue weighted by Crippen LogP contribution is -2.48. The number of hydrogen-bond acceptors (Lipinski definition) is 8. The molecule has 1 saturated heterocycles. The van der Waals surface area contributed by atoms with E-state index in [9.17, 15) is 9.59 Å². The highest BCUT2D eigenvalue weighted by atomic mass is 16.5. The van der Waals surface area contributed by atoms with Crippen LogP contribution in [-0.4, -0.2) is 106 Å². The van der Waals surface area contributed by atoms with Crippen LogP contribution in [0.15, 0.2) is 48.2 Å². The van der Waals surface area contributed by atoms with Crippen molar-refractivity contribution < 1.29 is 33.6 Å². The van der Waals surface area contributed by atoms with Crippen molar-refractivity contribution in [1.82, 2.24) is 9.80 Å². The Bertz CT molecular complexity index is 1280. The van der Waals surface area contributed by atoms with Gasteiger partial charge in [0.1, 0.15) is 24.7 Å². The molecule has 2 aromatic carbocycles. The highest BCUT2D eigenvalue weighted by Gasteiger charge is 2.35. The van der Waals surface area contributed by atoms with Gasteiger partial charge in [0.2, 0.25) is 0 Å². The molecule has 1 heterocycles. The molecule has 1 fully saturated rings. The molecule has 0 atom stereocenters. The van der Waals surface area contributed by atoms with E-state index in [4.69, 9.17) is 24.1 Å². The minimum absolute atomic E-state index is 0.0973. The number of benzene rings is 2. The fourth-order valence-corrected chi connectivity index (χ4v) is 5.78. The zero-order valence-corrected chi connectivity index (χ0v) is 26.7.